The van der Waals surface area contributed by atoms with Gasteiger partial charge in [0.25, 0.3) is 6.01 Å². The summed E-state index contributed by atoms with van der Waals surface area (Å²) >= 11 is 0. The lowest BCUT2D eigenvalue weighted by Gasteiger charge is -2.43. The summed E-state index contributed by atoms with van der Waals surface area (Å²) in [5, 5.41) is 0. The van der Waals surface area contributed by atoms with Crippen LogP contribution in [-0.4, -0.2) is 43.7 Å². The number of carbonyl (C=O) groups excluding carboxylic acids is 1. The quantitative estimate of drug-likeness (QED) is 0.668. The van der Waals surface area contributed by atoms with Gasteiger partial charge >= 0.3 is 0 Å². The number of rotatable bonds is 3. The van der Waals surface area contributed by atoms with Crippen LogP contribution in [0, 0.1) is 0 Å². The molecule has 0 N–H and O–H groups in total. The van der Waals surface area contributed by atoms with Gasteiger partial charge in [-0.3, -0.25) is 4.79 Å². The van der Waals surface area contributed by atoms with Crippen molar-refractivity contribution < 1.29 is 23.4 Å². The number of nitrogens with zero attached hydrogens (tertiary/aromatic N) is 2. The number of para-hydroxylation sites is 2. The maximum atomic E-state index is 13.0. The molecule has 7 nitrogen and oxygen atoms in total. The van der Waals surface area contributed by atoms with Crippen LogP contribution in [0.15, 0.2) is 40.8 Å². The van der Waals surface area contributed by atoms with E-state index in [4.69, 9.17) is 18.6 Å². The molecular formula is C22H22N2O5. The van der Waals surface area contributed by atoms with Gasteiger partial charge < -0.3 is 23.5 Å². The highest BCUT2D eigenvalue weighted by molar-refractivity contribution is 6.03. The van der Waals surface area contributed by atoms with Crippen LogP contribution in [0.25, 0.3) is 11.1 Å². The van der Waals surface area contributed by atoms with Crippen molar-refractivity contribution in [3.63, 3.8) is 0 Å². The van der Waals surface area contributed by atoms with E-state index in [0.717, 1.165) is 11.1 Å². The summed E-state index contributed by atoms with van der Waals surface area (Å²) in [7, 11) is 3.13. The van der Waals surface area contributed by atoms with Gasteiger partial charge in [0.1, 0.15) is 33.9 Å². The highest BCUT2D eigenvalue weighted by atomic mass is 16.5. The minimum atomic E-state index is -0.524. The molecule has 3 aromatic rings. The van der Waals surface area contributed by atoms with E-state index >= 15 is 0 Å². The molecule has 7 heteroatoms. The van der Waals surface area contributed by atoms with Crippen LogP contribution in [0.3, 0.4) is 0 Å². The number of hydrogen-bond donors (Lipinski definition) is 0. The SMILES string of the molecule is COc1cc(OC)c2c(c1)OC1(CCN(c3nc4ccccc4o3)CC1)CC2=O. The molecule has 1 aromatic heterocycles. The summed E-state index contributed by atoms with van der Waals surface area (Å²) in [6.07, 6.45) is 1.75. The van der Waals surface area contributed by atoms with Crippen molar-refractivity contribution in [2.24, 2.45) is 0 Å². The van der Waals surface area contributed by atoms with E-state index < -0.39 is 5.60 Å². The van der Waals surface area contributed by atoms with E-state index in [2.05, 4.69) is 9.88 Å². The molecule has 0 unspecified atom stereocenters. The van der Waals surface area contributed by atoms with Crippen molar-refractivity contribution in [3.05, 3.63) is 42.0 Å². The maximum absolute atomic E-state index is 13.0. The molecule has 1 spiro atoms. The van der Waals surface area contributed by atoms with Crippen molar-refractivity contribution in [1.29, 1.82) is 0 Å². The predicted molar refractivity (Wildman–Crippen MR) is 107 cm³/mol. The van der Waals surface area contributed by atoms with Crippen LogP contribution < -0.4 is 19.1 Å². The van der Waals surface area contributed by atoms with Gasteiger partial charge in [-0.25, -0.2) is 0 Å². The lowest BCUT2D eigenvalue weighted by molar-refractivity contribution is 0.0220. The highest BCUT2D eigenvalue weighted by Crippen LogP contribution is 2.45. The number of methoxy groups -OCH3 is 2. The first-order valence-corrected chi connectivity index (χ1v) is 9.69. The summed E-state index contributed by atoms with van der Waals surface area (Å²) in [5.41, 5.74) is 1.60. The van der Waals surface area contributed by atoms with E-state index in [1.807, 2.05) is 24.3 Å². The number of ketones is 1. The van der Waals surface area contributed by atoms with E-state index in [-0.39, 0.29) is 5.78 Å². The minimum Gasteiger partial charge on any atom is -0.496 e. The van der Waals surface area contributed by atoms with E-state index in [0.29, 0.717) is 61.2 Å². The van der Waals surface area contributed by atoms with Gasteiger partial charge in [0.05, 0.1) is 20.6 Å². The van der Waals surface area contributed by atoms with Gasteiger partial charge in [-0.15, -0.1) is 0 Å². The number of benzene rings is 2. The smallest absolute Gasteiger partial charge is 0.298 e. The molecule has 2 aliphatic rings. The molecule has 1 fully saturated rings. The Morgan fingerprint density at radius 1 is 1.10 bits per heavy atom. The van der Waals surface area contributed by atoms with E-state index in [1.165, 1.54) is 0 Å². The molecule has 5 rings (SSSR count). The number of ether oxygens (including phenoxy) is 3. The normalized spacial score (nSPS) is 17.9. The third-order valence-electron chi connectivity index (χ3n) is 5.81. The number of anilines is 1. The largest absolute Gasteiger partial charge is 0.496 e. The third-order valence-corrected chi connectivity index (χ3v) is 5.81. The standard InChI is InChI=1S/C22H22N2O5/c1-26-14-11-18(27-2)20-16(25)13-22(29-19(20)12-14)7-9-24(10-8-22)21-23-15-5-3-4-6-17(15)28-21/h3-6,11-12H,7-10,13H2,1-2H3. The summed E-state index contributed by atoms with van der Waals surface area (Å²) in [5.74, 6) is 1.67. The van der Waals surface area contributed by atoms with Crippen molar-refractivity contribution >= 4 is 22.9 Å². The second kappa shape index (κ2) is 6.69. The molecule has 150 valence electrons. The fourth-order valence-electron chi connectivity index (χ4n) is 4.23. The van der Waals surface area contributed by atoms with Crippen LogP contribution in [-0.2, 0) is 0 Å². The number of carbonyl (C=O) groups is 1. The van der Waals surface area contributed by atoms with Crippen LogP contribution in [0.4, 0.5) is 6.01 Å². The van der Waals surface area contributed by atoms with Gasteiger partial charge in [0, 0.05) is 38.1 Å². The molecular weight excluding hydrogens is 372 g/mol. The number of Topliss-reactive ketones (excluding diaryl/α,β-unsaturated/α-hetero) is 1. The van der Waals surface area contributed by atoms with Crippen molar-refractivity contribution in [3.8, 4) is 17.2 Å². The molecule has 2 aliphatic heterocycles. The molecule has 1 saturated heterocycles. The van der Waals surface area contributed by atoms with Crippen LogP contribution >= 0.6 is 0 Å². The molecule has 0 saturated carbocycles. The number of oxazole rings is 1. The number of hydrogen-bond acceptors (Lipinski definition) is 7. The Kier molecular flexibility index (Phi) is 4.12. The van der Waals surface area contributed by atoms with Crippen molar-refractivity contribution in [2.45, 2.75) is 24.9 Å². The van der Waals surface area contributed by atoms with Gasteiger partial charge in [0.15, 0.2) is 11.4 Å². The Morgan fingerprint density at radius 2 is 1.90 bits per heavy atom. The first kappa shape index (κ1) is 17.8. The first-order valence-electron chi connectivity index (χ1n) is 9.69. The van der Waals surface area contributed by atoms with Crippen LogP contribution in [0.5, 0.6) is 17.2 Å². The zero-order chi connectivity index (χ0) is 20.0. The lowest BCUT2D eigenvalue weighted by Crippen LogP contribution is -2.51. The molecule has 0 amide bonds. The number of fused-ring (bicyclic) bond motifs is 2. The third kappa shape index (κ3) is 2.97. The molecule has 0 radical (unpaired) electrons. The first-order chi connectivity index (χ1) is 14.1. The molecule has 0 atom stereocenters. The highest BCUT2D eigenvalue weighted by Gasteiger charge is 2.44. The Morgan fingerprint density at radius 3 is 2.62 bits per heavy atom. The summed E-state index contributed by atoms with van der Waals surface area (Å²) < 4.78 is 23.0. The average molecular weight is 394 g/mol. The Balaban J connectivity index is 1.39. The Hall–Kier alpha value is -3.22. The fraction of sp³-hybridized carbons (Fsp3) is 0.364. The molecule has 3 heterocycles. The Bertz CT molecular complexity index is 1050. The average Bonchev–Trinajstić information content (AvgIpc) is 3.17. The van der Waals surface area contributed by atoms with Gasteiger partial charge in [-0.1, -0.05) is 12.1 Å². The molecule has 0 aliphatic carbocycles. The van der Waals surface area contributed by atoms with Crippen molar-refractivity contribution in [2.75, 3.05) is 32.2 Å². The minimum absolute atomic E-state index is 0.0427. The van der Waals surface area contributed by atoms with E-state index in [1.54, 1.807) is 26.4 Å². The van der Waals surface area contributed by atoms with Crippen LogP contribution in [0.1, 0.15) is 29.6 Å². The second-order valence-corrected chi connectivity index (χ2v) is 7.54. The van der Waals surface area contributed by atoms with Crippen LogP contribution in [0.2, 0.25) is 0 Å². The summed E-state index contributed by atoms with van der Waals surface area (Å²) in [6, 6.07) is 11.8. The lowest BCUT2D eigenvalue weighted by atomic mass is 9.82. The maximum Gasteiger partial charge on any atom is 0.298 e. The molecule has 0 bridgehead atoms. The predicted octanol–water partition coefficient (Wildman–Crippen LogP) is 3.85. The number of piperidine rings is 1. The molecule has 2 aromatic carbocycles. The zero-order valence-electron chi connectivity index (χ0n) is 16.4. The summed E-state index contributed by atoms with van der Waals surface area (Å²) in [6.45, 7) is 1.41. The molecule has 29 heavy (non-hydrogen) atoms. The van der Waals surface area contributed by atoms with Gasteiger partial charge in [-0.2, -0.15) is 4.98 Å². The monoisotopic (exact) mass is 394 g/mol. The summed E-state index contributed by atoms with van der Waals surface area (Å²) in [4.78, 5) is 19.7. The Labute approximate surface area is 168 Å². The number of aromatic nitrogens is 1. The zero-order valence-corrected chi connectivity index (χ0v) is 16.4. The van der Waals surface area contributed by atoms with Crippen molar-refractivity contribution in [1.82, 2.24) is 4.98 Å². The topological polar surface area (TPSA) is 74.0 Å². The van der Waals surface area contributed by atoms with E-state index in [9.17, 15) is 4.79 Å². The van der Waals surface area contributed by atoms with Gasteiger partial charge in [-0.05, 0) is 12.1 Å². The fourth-order valence-corrected chi connectivity index (χ4v) is 4.23. The van der Waals surface area contributed by atoms with Gasteiger partial charge in [0.2, 0.25) is 0 Å². The second-order valence-electron chi connectivity index (χ2n) is 7.54.